The van der Waals surface area contributed by atoms with E-state index in [1.165, 1.54) is 0 Å². The van der Waals surface area contributed by atoms with Crippen LogP contribution in [0.2, 0.25) is 0 Å². The van der Waals surface area contributed by atoms with Gasteiger partial charge in [-0.15, -0.1) is 12.4 Å². The number of alkyl halides is 1. The van der Waals surface area contributed by atoms with Crippen LogP contribution in [0.1, 0.15) is 26.7 Å². The molecule has 0 aromatic rings. The van der Waals surface area contributed by atoms with E-state index in [0.29, 0.717) is 6.04 Å². The normalized spacial score (nSPS) is 19.0. The zero-order valence-corrected chi connectivity index (χ0v) is 11.6. The quantitative estimate of drug-likeness (QED) is 0.585. The summed E-state index contributed by atoms with van der Waals surface area (Å²) < 4.78 is -0.279. The fraction of sp³-hybridized carbons (Fsp3) is 0.889. The summed E-state index contributed by atoms with van der Waals surface area (Å²) in [6.45, 7) is 5.55. The van der Waals surface area contributed by atoms with Gasteiger partial charge in [0.05, 0.1) is 3.42 Å². The maximum Gasteiger partial charge on any atom is 0.238 e. The highest BCUT2D eigenvalue weighted by atomic mass is 127. The lowest BCUT2D eigenvalue weighted by molar-refractivity contribution is -0.133. The maximum absolute atomic E-state index is 11.8. The van der Waals surface area contributed by atoms with E-state index in [4.69, 9.17) is 5.73 Å². The summed E-state index contributed by atoms with van der Waals surface area (Å²) in [5.74, 6) is 0.236. The third kappa shape index (κ3) is 3.90. The summed E-state index contributed by atoms with van der Waals surface area (Å²) in [6, 6.07) is 0.293. The Morgan fingerprint density at radius 1 is 1.43 bits per heavy atom. The molecule has 1 saturated heterocycles. The van der Waals surface area contributed by atoms with E-state index in [-0.39, 0.29) is 21.7 Å². The monoisotopic (exact) mass is 332 g/mol. The van der Waals surface area contributed by atoms with Gasteiger partial charge in [-0.05, 0) is 26.7 Å². The molecule has 0 aromatic carbocycles. The fourth-order valence-corrected chi connectivity index (χ4v) is 1.82. The van der Waals surface area contributed by atoms with E-state index in [2.05, 4.69) is 22.6 Å². The van der Waals surface area contributed by atoms with Crippen molar-refractivity contribution in [3.05, 3.63) is 0 Å². The summed E-state index contributed by atoms with van der Waals surface area (Å²) in [7, 11) is 0. The van der Waals surface area contributed by atoms with Gasteiger partial charge in [-0.3, -0.25) is 4.79 Å². The minimum atomic E-state index is -0.279. The SMILES string of the molecule is CC(C)(I)C(=O)N1CCC(N)CC1.Cl. The molecule has 1 rings (SSSR count). The van der Waals surface area contributed by atoms with Crippen molar-refractivity contribution < 1.29 is 4.79 Å². The number of nitrogens with zero attached hydrogens (tertiary/aromatic N) is 1. The summed E-state index contributed by atoms with van der Waals surface area (Å²) in [5, 5.41) is 0. The lowest BCUT2D eigenvalue weighted by Crippen LogP contribution is -2.48. The van der Waals surface area contributed by atoms with E-state index in [1.807, 2.05) is 18.7 Å². The molecule has 1 amide bonds. The second-order valence-corrected chi connectivity index (χ2v) is 6.80. The van der Waals surface area contributed by atoms with Gasteiger partial charge in [0.1, 0.15) is 0 Å². The minimum Gasteiger partial charge on any atom is -0.341 e. The number of rotatable bonds is 1. The number of nitrogens with two attached hydrogens (primary N) is 1. The Hall–Kier alpha value is 0.450. The summed E-state index contributed by atoms with van der Waals surface area (Å²) >= 11 is 2.19. The molecule has 0 spiro atoms. The van der Waals surface area contributed by atoms with Crippen molar-refractivity contribution in [2.45, 2.75) is 36.2 Å². The number of likely N-dealkylation sites (tertiary alicyclic amines) is 1. The van der Waals surface area contributed by atoms with Crippen molar-refractivity contribution in [2.24, 2.45) is 5.73 Å². The molecule has 84 valence electrons. The average Bonchev–Trinajstić information content (AvgIpc) is 2.03. The lowest BCUT2D eigenvalue weighted by atomic mass is 10.0. The third-order valence-corrected chi connectivity index (χ3v) is 2.80. The molecule has 0 bridgehead atoms. The Kier molecular flexibility index (Phi) is 5.69. The van der Waals surface area contributed by atoms with Crippen LogP contribution in [0.25, 0.3) is 0 Å². The van der Waals surface area contributed by atoms with Crippen LogP contribution >= 0.6 is 35.0 Å². The smallest absolute Gasteiger partial charge is 0.238 e. The van der Waals surface area contributed by atoms with E-state index in [1.54, 1.807) is 0 Å². The zero-order chi connectivity index (χ0) is 10.1. The largest absolute Gasteiger partial charge is 0.341 e. The van der Waals surface area contributed by atoms with Crippen LogP contribution in [0.4, 0.5) is 0 Å². The summed E-state index contributed by atoms with van der Waals surface area (Å²) in [6.07, 6.45) is 1.89. The molecule has 1 aliphatic rings. The minimum absolute atomic E-state index is 0. The molecule has 3 nitrogen and oxygen atoms in total. The number of carbonyl (C=O) groups is 1. The van der Waals surface area contributed by atoms with E-state index in [9.17, 15) is 4.79 Å². The average molecular weight is 333 g/mol. The molecule has 0 aromatic heterocycles. The van der Waals surface area contributed by atoms with E-state index in [0.717, 1.165) is 25.9 Å². The highest BCUT2D eigenvalue weighted by molar-refractivity contribution is 14.1. The maximum atomic E-state index is 11.8. The Bertz CT molecular complexity index is 197. The molecule has 0 unspecified atom stereocenters. The molecule has 2 N–H and O–H groups in total. The number of halogens is 2. The topological polar surface area (TPSA) is 46.3 Å². The molecule has 1 aliphatic heterocycles. The molecule has 1 heterocycles. The number of hydrogen-bond acceptors (Lipinski definition) is 2. The van der Waals surface area contributed by atoms with Crippen molar-refractivity contribution in [3.63, 3.8) is 0 Å². The van der Waals surface area contributed by atoms with Crippen molar-refractivity contribution in [3.8, 4) is 0 Å². The predicted octanol–water partition coefficient (Wildman–Crippen LogP) is 1.57. The van der Waals surface area contributed by atoms with Gasteiger partial charge in [-0.1, -0.05) is 22.6 Å². The van der Waals surface area contributed by atoms with Gasteiger partial charge in [-0.25, -0.2) is 0 Å². The van der Waals surface area contributed by atoms with Gasteiger partial charge < -0.3 is 10.6 Å². The first-order chi connectivity index (χ1) is 5.91. The second kappa shape index (κ2) is 5.51. The lowest BCUT2D eigenvalue weighted by Gasteiger charge is -2.33. The van der Waals surface area contributed by atoms with Crippen molar-refractivity contribution in [2.75, 3.05) is 13.1 Å². The zero-order valence-electron chi connectivity index (χ0n) is 8.62. The van der Waals surface area contributed by atoms with Crippen molar-refractivity contribution in [1.82, 2.24) is 4.90 Å². The molecular formula is C9H18ClIN2O. The number of piperidine rings is 1. The van der Waals surface area contributed by atoms with Crippen molar-refractivity contribution in [1.29, 1.82) is 0 Å². The fourth-order valence-electron chi connectivity index (χ4n) is 1.48. The molecule has 0 aliphatic carbocycles. The highest BCUT2D eigenvalue weighted by Crippen LogP contribution is 2.22. The van der Waals surface area contributed by atoms with Gasteiger partial charge in [0, 0.05) is 19.1 Å². The van der Waals surface area contributed by atoms with E-state index < -0.39 is 0 Å². The van der Waals surface area contributed by atoms with Gasteiger partial charge in [0.25, 0.3) is 0 Å². The van der Waals surface area contributed by atoms with Crippen LogP contribution in [0.5, 0.6) is 0 Å². The number of hydrogen-bond donors (Lipinski definition) is 1. The Labute approximate surface area is 105 Å². The Morgan fingerprint density at radius 2 is 1.86 bits per heavy atom. The predicted molar refractivity (Wildman–Crippen MR) is 69.1 cm³/mol. The first-order valence-corrected chi connectivity index (χ1v) is 5.73. The molecule has 0 saturated carbocycles. The summed E-state index contributed by atoms with van der Waals surface area (Å²) in [4.78, 5) is 13.7. The van der Waals surface area contributed by atoms with Gasteiger partial charge >= 0.3 is 0 Å². The van der Waals surface area contributed by atoms with Crippen LogP contribution in [0.3, 0.4) is 0 Å². The number of amides is 1. The molecule has 5 heteroatoms. The van der Waals surface area contributed by atoms with Gasteiger partial charge in [0.2, 0.25) is 5.91 Å². The van der Waals surface area contributed by atoms with Crippen molar-refractivity contribution >= 4 is 40.9 Å². The van der Waals surface area contributed by atoms with Gasteiger partial charge in [0.15, 0.2) is 0 Å². The van der Waals surface area contributed by atoms with E-state index >= 15 is 0 Å². The molecular weight excluding hydrogens is 314 g/mol. The first-order valence-electron chi connectivity index (χ1n) is 4.65. The van der Waals surface area contributed by atoms with Gasteiger partial charge in [-0.2, -0.15) is 0 Å². The third-order valence-electron chi connectivity index (χ3n) is 2.34. The Balaban J connectivity index is 0.00000169. The molecule has 0 atom stereocenters. The molecule has 0 radical (unpaired) electrons. The molecule has 14 heavy (non-hydrogen) atoms. The second-order valence-electron chi connectivity index (χ2n) is 4.10. The summed E-state index contributed by atoms with van der Waals surface area (Å²) in [5.41, 5.74) is 5.77. The highest BCUT2D eigenvalue weighted by Gasteiger charge is 2.30. The van der Waals surface area contributed by atoms with Crippen LogP contribution in [0.15, 0.2) is 0 Å². The Morgan fingerprint density at radius 3 is 2.21 bits per heavy atom. The van der Waals surface area contributed by atoms with Crippen LogP contribution < -0.4 is 5.73 Å². The number of carbonyl (C=O) groups excluding carboxylic acids is 1. The standard InChI is InChI=1S/C9H17IN2O.ClH/c1-9(2,10)8(13)12-5-3-7(11)4-6-12;/h7H,3-6,11H2,1-2H3;1H. The molecule has 1 fully saturated rings. The van der Waals surface area contributed by atoms with Crippen LogP contribution in [-0.4, -0.2) is 33.4 Å². The van der Waals surface area contributed by atoms with Crippen LogP contribution in [-0.2, 0) is 4.79 Å². The first kappa shape index (κ1) is 14.5. The van der Waals surface area contributed by atoms with Crippen LogP contribution in [0, 0.1) is 0 Å².